The summed E-state index contributed by atoms with van der Waals surface area (Å²) in [4.78, 5) is 8.47. The van der Waals surface area contributed by atoms with Crippen molar-refractivity contribution in [3.05, 3.63) is 23.0 Å². The molecule has 21 heavy (non-hydrogen) atoms. The van der Waals surface area contributed by atoms with Gasteiger partial charge >= 0.3 is 7.12 Å². The Morgan fingerprint density at radius 3 is 2.43 bits per heavy atom. The second-order valence-electron chi connectivity index (χ2n) is 6.13. The fraction of sp³-hybridized carbons (Fsp3) is 0.429. The first kappa shape index (κ1) is 14.5. The van der Waals surface area contributed by atoms with Crippen LogP contribution in [-0.2, 0) is 9.31 Å². The fourth-order valence-electron chi connectivity index (χ4n) is 2.18. The molecule has 2 aromatic heterocycles. The van der Waals surface area contributed by atoms with Crippen molar-refractivity contribution in [2.24, 2.45) is 0 Å². The molecule has 0 atom stereocenters. The molecule has 0 saturated carbocycles. The van der Waals surface area contributed by atoms with E-state index in [1.54, 1.807) is 17.5 Å². The smallest absolute Gasteiger partial charge is 0.399 e. The molecule has 110 valence electrons. The normalized spacial score (nSPS) is 19.9. The number of nitrogens with two attached hydrogens (primary N) is 1. The maximum absolute atomic E-state index is 6.09. The van der Waals surface area contributed by atoms with Crippen LogP contribution in [0.15, 0.2) is 23.0 Å². The van der Waals surface area contributed by atoms with Crippen molar-refractivity contribution >= 4 is 29.9 Å². The molecule has 0 amide bonds. The lowest BCUT2D eigenvalue weighted by Crippen LogP contribution is -2.41. The summed E-state index contributed by atoms with van der Waals surface area (Å²) in [7, 11) is -0.495. The van der Waals surface area contributed by atoms with Gasteiger partial charge in [-0.25, -0.2) is 9.97 Å². The molecule has 7 heteroatoms. The number of rotatable bonds is 2. The summed E-state index contributed by atoms with van der Waals surface area (Å²) in [6, 6.07) is 2.00. The summed E-state index contributed by atoms with van der Waals surface area (Å²) >= 11 is 1.61. The van der Waals surface area contributed by atoms with Gasteiger partial charge in [-0.3, -0.25) is 0 Å². The minimum Gasteiger partial charge on any atom is -0.399 e. The Labute approximate surface area is 128 Å². The zero-order valence-electron chi connectivity index (χ0n) is 12.6. The van der Waals surface area contributed by atoms with Gasteiger partial charge in [0, 0.05) is 22.6 Å². The van der Waals surface area contributed by atoms with E-state index < -0.39 is 18.3 Å². The highest BCUT2D eigenvalue weighted by Crippen LogP contribution is 2.37. The predicted molar refractivity (Wildman–Crippen MR) is 85.5 cm³/mol. The highest BCUT2D eigenvalue weighted by Gasteiger charge is 2.52. The summed E-state index contributed by atoms with van der Waals surface area (Å²) in [5.41, 5.74) is 7.51. The Hall–Kier alpha value is -1.44. The maximum atomic E-state index is 6.09. The van der Waals surface area contributed by atoms with Gasteiger partial charge in [0.05, 0.1) is 16.9 Å². The van der Waals surface area contributed by atoms with Gasteiger partial charge in [0.1, 0.15) is 0 Å². The van der Waals surface area contributed by atoms with Crippen LogP contribution >= 0.6 is 11.3 Å². The molecule has 2 N–H and O–H groups in total. The van der Waals surface area contributed by atoms with E-state index in [0.29, 0.717) is 0 Å². The van der Waals surface area contributed by atoms with Crippen molar-refractivity contribution in [2.45, 2.75) is 38.9 Å². The summed E-state index contributed by atoms with van der Waals surface area (Å²) < 4.78 is 12.2. The van der Waals surface area contributed by atoms with Crippen molar-refractivity contribution in [1.82, 2.24) is 9.97 Å². The fourth-order valence-corrected chi connectivity index (χ4v) is 2.82. The third-order valence-electron chi connectivity index (χ3n) is 4.14. The average molecular weight is 303 g/mol. The molecule has 0 bridgehead atoms. The van der Waals surface area contributed by atoms with Crippen LogP contribution in [0.5, 0.6) is 0 Å². The van der Waals surface area contributed by atoms with E-state index in [-0.39, 0.29) is 5.95 Å². The Kier molecular flexibility index (Phi) is 3.31. The predicted octanol–water partition coefficient (Wildman–Crippen LogP) is 2.09. The van der Waals surface area contributed by atoms with E-state index >= 15 is 0 Å². The Morgan fingerprint density at radius 1 is 1.19 bits per heavy atom. The van der Waals surface area contributed by atoms with Crippen LogP contribution in [0.3, 0.4) is 0 Å². The lowest BCUT2D eigenvalue weighted by molar-refractivity contribution is 0.00578. The van der Waals surface area contributed by atoms with Crippen LogP contribution in [0.4, 0.5) is 5.95 Å². The second-order valence-corrected chi connectivity index (χ2v) is 6.91. The van der Waals surface area contributed by atoms with Gasteiger partial charge in [0.25, 0.3) is 0 Å². The SMILES string of the molecule is CC1(C)OB(c2cnc(N)nc2-c2ccsc2)OC1(C)C. The lowest BCUT2D eigenvalue weighted by Gasteiger charge is -2.32. The lowest BCUT2D eigenvalue weighted by atomic mass is 9.78. The second kappa shape index (κ2) is 4.79. The van der Waals surface area contributed by atoms with Crippen LogP contribution in [-0.4, -0.2) is 28.3 Å². The van der Waals surface area contributed by atoms with E-state index in [2.05, 4.69) is 9.97 Å². The molecular formula is C14H18BN3O2S. The summed E-state index contributed by atoms with van der Waals surface area (Å²) in [6.07, 6.45) is 1.69. The van der Waals surface area contributed by atoms with E-state index in [0.717, 1.165) is 16.7 Å². The Morgan fingerprint density at radius 2 is 1.86 bits per heavy atom. The van der Waals surface area contributed by atoms with Gasteiger partial charge in [-0.1, -0.05) is 0 Å². The molecule has 0 aliphatic carbocycles. The number of hydrogen-bond acceptors (Lipinski definition) is 6. The maximum Gasteiger partial charge on any atom is 0.498 e. The summed E-state index contributed by atoms with van der Waals surface area (Å²) in [5.74, 6) is 0.247. The molecule has 5 nitrogen and oxygen atoms in total. The van der Waals surface area contributed by atoms with Gasteiger partial charge in [0.2, 0.25) is 5.95 Å². The Balaban J connectivity index is 2.05. The number of hydrogen-bond donors (Lipinski definition) is 1. The molecule has 2 aromatic rings. The molecule has 0 unspecified atom stereocenters. The molecule has 0 spiro atoms. The van der Waals surface area contributed by atoms with Gasteiger partial charge in [-0.15, -0.1) is 0 Å². The zero-order chi connectivity index (χ0) is 15.3. The van der Waals surface area contributed by atoms with Gasteiger partial charge in [-0.05, 0) is 39.1 Å². The monoisotopic (exact) mass is 303 g/mol. The van der Waals surface area contributed by atoms with Gasteiger partial charge in [0.15, 0.2) is 0 Å². The van der Waals surface area contributed by atoms with Crippen molar-refractivity contribution < 1.29 is 9.31 Å². The summed E-state index contributed by atoms with van der Waals surface area (Å²) in [6.45, 7) is 8.09. The highest BCUT2D eigenvalue weighted by molar-refractivity contribution is 7.08. The van der Waals surface area contributed by atoms with E-state index in [4.69, 9.17) is 15.0 Å². The molecule has 1 aliphatic heterocycles. The molecule has 3 heterocycles. The topological polar surface area (TPSA) is 70.3 Å². The van der Waals surface area contributed by atoms with Crippen molar-refractivity contribution in [3.63, 3.8) is 0 Å². The van der Waals surface area contributed by atoms with E-state index in [9.17, 15) is 0 Å². The van der Waals surface area contributed by atoms with Crippen LogP contribution in [0.1, 0.15) is 27.7 Å². The number of anilines is 1. The minimum absolute atomic E-state index is 0.247. The van der Waals surface area contributed by atoms with E-state index in [1.807, 2.05) is 44.5 Å². The van der Waals surface area contributed by atoms with E-state index in [1.165, 1.54) is 0 Å². The molecule has 1 saturated heterocycles. The number of aromatic nitrogens is 2. The van der Waals surface area contributed by atoms with Crippen LogP contribution < -0.4 is 11.2 Å². The molecule has 1 aliphatic rings. The first-order chi connectivity index (χ1) is 9.80. The molecular weight excluding hydrogens is 285 g/mol. The molecule has 3 rings (SSSR count). The zero-order valence-corrected chi connectivity index (χ0v) is 13.4. The molecule has 0 radical (unpaired) electrons. The molecule has 0 aromatic carbocycles. The third kappa shape index (κ3) is 2.45. The van der Waals surface area contributed by atoms with Crippen LogP contribution in [0.25, 0.3) is 11.3 Å². The van der Waals surface area contributed by atoms with Crippen LogP contribution in [0, 0.1) is 0 Å². The van der Waals surface area contributed by atoms with Crippen molar-refractivity contribution in [1.29, 1.82) is 0 Å². The largest absolute Gasteiger partial charge is 0.498 e. The number of nitrogen functional groups attached to an aromatic ring is 1. The summed E-state index contributed by atoms with van der Waals surface area (Å²) in [5, 5.41) is 4.03. The van der Waals surface area contributed by atoms with Crippen molar-refractivity contribution in [3.8, 4) is 11.3 Å². The Bertz CT molecular complexity index is 642. The first-order valence-electron chi connectivity index (χ1n) is 6.81. The number of nitrogens with zero attached hydrogens (tertiary/aromatic N) is 2. The van der Waals surface area contributed by atoms with Gasteiger partial charge < -0.3 is 15.0 Å². The van der Waals surface area contributed by atoms with Crippen molar-refractivity contribution in [2.75, 3.05) is 5.73 Å². The minimum atomic E-state index is -0.495. The first-order valence-corrected chi connectivity index (χ1v) is 7.75. The molecule has 1 fully saturated rings. The standard InChI is InChI=1S/C14H18BN3O2S/c1-13(2)14(3,4)20-15(19-13)10-7-17-12(16)18-11(10)9-5-6-21-8-9/h5-8H,1-4H3,(H2,16,17,18). The number of thiophene rings is 1. The quantitative estimate of drug-likeness (QED) is 0.860. The average Bonchev–Trinajstić information content (AvgIpc) is 2.96. The third-order valence-corrected chi connectivity index (χ3v) is 4.82. The highest BCUT2D eigenvalue weighted by atomic mass is 32.1. The van der Waals surface area contributed by atoms with Crippen LogP contribution in [0.2, 0.25) is 0 Å². The van der Waals surface area contributed by atoms with Gasteiger partial charge in [-0.2, -0.15) is 11.3 Å².